The number of nitrogens with zero attached hydrogens (tertiary/aromatic N) is 3. The lowest BCUT2D eigenvalue weighted by Crippen LogP contribution is -2.43. The minimum Gasteiger partial charge on any atom is -0.399 e. The maximum Gasteiger partial charge on any atom is 0.137 e. The van der Waals surface area contributed by atoms with Crippen LogP contribution in [0.2, 0.25) is 0 Å². The summed E-state index contributed by atoms with van der Waals surface area (Å²) in [6, 6.07) is 19.1. The average Bonchev–Trinajstić information content (AvgIpc) is 3.19. The highest BCUT2D eigenvalue weighted by Crippen LogP contribution is 2.32. The Kier molecular flexibility index (Phi) is 4.99. The number of aromatic nitrogens is 2. The summed E-state index contributed by atoms with van der Waals surface area (Å²) in [6.45, 7) is 5.53. The molecule has 2 aromatic carbocycles. The predicted octanol–water partition coefficient (Wildman–Crippen LogP) is 4.23. The van der Waals surface area contributed by atoms with Gasteiger partial charge < -0.3 is 15.6 Å². The Bertz CT molecular complexity index is 1170. The summed E-state index contributed by atoms with van der Waals surface area (Å²) in [7, 11) is 2.19. The molecule has 0 radical (unpaired) electrons. The number of anilines is 1. The van der Waals surface area contributed by atoms with Gasteiger partial charge in [0.2, 0.25) is 0 Å². The van der Waals surface area contributed by atoms with Crippen molar-refractivity contribution < 1.29 is 0 Å². The number of rotatable bonds is 4. The SMILES string of the molecule is CN1CCN(Cc2cccc(-c3cnc4[nH]cc(-c5cccc(N)c5)c4c3)c2)CC1. The predicted molar refractivity (Wildman–Crippen MR) is 124 cm³/mol. The van der Waals surface area contributed by atoms with Gasteiger partial charge in [-0.2, -0.15) is 0 Å². The van der Waals surface area contributed by atoms with E-state index in [0.717, 1.165) is 66.1 Å². The molecule has 2 aromatic heterocycles. The van der Waals surface area contributed by atoms with E-state index in [1.807, 2.05) is 30.6 Å². The molecule has 3 heterocycles. The largest absolute Gasteiger partial charge is 0.399 e. The molecule has 0 amide bonds. The minimum atomic E-state index is 0.766. The maximum absolute atomic E-state index is 6.00. The fraction of sp³-hybridized carbons (Fsp3) is 0.240. The lowest BCUT2D eigenvalue weighted by Gasteiger charge is -2.32. The normalized spacial score (nSPS) is 15.6. The molecule has 5 heteroatoms. The first-order valence-corrected chi connectivity index (χ1v) is 10.5. The van der Waals surface area contributed by atoms with Crippen molar-refractivity contribution >= 4 is 16.7 Å². The zero-order chi connectivity index (χ0) is 20.5. The summed E-state index contributed by atoms with van der Waals surface area (Å²) < 4.78 is 0. The zero-order valence-electron chi connectivity index (χ0n) is 17.3. The Balaban J connectivity index is 1.45. The summed E-state index contributed by atoms with van der Waals surface area (Å²) in [4.78, 5) is 12.9. The van der Waals surface area contributed by atoms with Crippen molar-refractivity contribution in [2.75, 3.05) is 39.0 Å². The van der Waals surface area contributed by atoms with Crippen molar-refractivity contribution in [3.8, 4) is 22.3 Å². The second-order valence-corrected chi connectivity index (χ2v) is 8.23. The number of aromatic amines is 1. The Morgan fingerprint density at radius 2 is 1.73 bits per heavy atom. The Hall–Kier alpha value is -3.15. The molecule has 0 bridgehead atoms. The standard InChI is InChI=1S/C25H27N5/c1-29-8-10-30(11-9-29)17-18-4-2-5-19(12-18)21-14-23-24(16-28-25(23)27-15-21)20-6-3-7-22(26)13-20/h2-7,12-16H,8-11,17,26H2,1H3,(H,27,28). The number of piperazine rings is 1. The van der Waals surface area contributed by atoms with Crippen LogP contribution >= 0.6 is 0 Å². The van der Waals surface area contributed by atoms with E-state index in [2.05, 4.69) is 63.2 Å². The number of pyridine rings is 1. The van der Waals surface area contributed by atoms with Crippen LogP contribution in [0.3, 0.4) is 0 Å². The van der Waals surface area contributed by atoms with Crippen molar-refractivity contribution in [3.63, 3.8) is 0 Å². The van der Waals surface area contributed by atoms with Gasteiger partial charge in [0.15, 0.2) is 0 Å². The van der Waals surface area contributed by atoms with Gasteiger partial charge in [0.25, 0.3) is 0 Å². The Morgan fingerprint density at radius 3 is 2.57 bits per heavy atom. The minimum absolute atomic E-state index is 0.766. The van der Waals surface area contributed by atoms with Crippen LogP contribution in [0.5, 0.6) is 0 Å². The summed E-state index contributed by atoms with van der Waals surface area (Å²) in [6.07, 6.45) is 3.97. The van der Waals surface area contributed by atoms with E-state index in [4.69, 9.17) is 5.73 Å². The number of likely N-dealkylation sites (N-methyl/N-ethyl adjacent to an activating group) is 1. The van der Waals surface area contributed by atoms with Gasteiger partial charge in [-0.3, -0.25) is 4.90 Å². The number of hydrogen-bond donors (Lipinski definition) is 2. The third-order valence-electron chi connectivity index (χ3n) is 5.99. The van der Waals surface area contributed by atoms with Gasteiger partial charge in [-0.15, -0.1) is 0 Å². The first-order valence-electron chi connectivity index (χ1n) is 10.5. The van der Waals surface area contributed by atoms with E-state index in [1.165, 1.54) is 11.1 Å². The van der Waals surface area contributed by atoms with Crippen LogP contribution in [0.15, 0.2) is 67.0 Å². The monoisotopic (exact) mass is 397 g/mol. The lowest BCUT2D eigenvalue weighted by atomic mass is 10.0. The number of nitrogens with two attached hydrogens (primary N) is 1. The molecule has 0 unspecified atom stereocenters. The van der Waals surface area contributed by atoms with Crippen LogP contribution in [-0.4, -0.2) is 53.0 Å². The van der Waals surface area contributed by atoms with Crippen molar-refractivity contribution in [2.24, 2.45) is 0 Å². The molecule has 4 aromatic rings. The van der Waals surface area contributed by atoms with Gasteiger partial charge >= 0.3 is 0 Å². The quantitative estimate of drug-likeness (QED) is 0.506. The number of nitrogens with one attached hydrogen (secondary N) is 1. The molecule has 0 aliphatic carbocycles. The molecule has 30 heavy (non-hydrogen) atoms. The van der Waals surface area contributed by atoms with Crippen LogP contribution < -0.4 is 5.73 Å². The summed E-state index contributed by atoms with van der Waals surface area (Å²) in [5.74, 6) is 0. The summed E-state index contributed by atoms with van der Waals surface area (Å²) in [5, 5.41) is 1.11. The van der Waals surface area contributed by atoms with Crippen LogP contribution in [0.25, 0.3) is 33.3 Å². The Labute approximate surface area is 177 Å². The average molecular weight is 398 g/mol. The second kappa shape index (κ2) is 7.94. The third-order valence-corrected chi connectivity index (χ3v) is 5.99. The van der Waals surface area contributed by atoms with E-state index < -0.39 is 0 Å². The zero-order valence-corrected chi connectivity index (χ0v) is 17.3. The highest BCUT2D eigenvalue weighted by atomic mass is 15.2. The number of nitrogen functional groups attached to an aromatic ring is 1. The topological polar surface area (TPSA) is 61.2 Å². The van der Waals surface area contributed by atoms with Gasteiger partial charge in [0.1, 0.15) is 5.65 Å². The molecule has 1 fully saturated rings. The van der Waals surface area contributed by atoms with Gasteiger partial charge in [-0.25, -0.2) is 4.98 Å². The van der Waals surface area contributed by atoms with Gasteiger partial charge in [-0.1, -0.05) is 30.3 Å². The Morgan fingerprint density at radius 1 is 0.933 bits per heavy atom. The number of H-pyrrole nitrogens is 1. The van der Waals surface area contributed by atoms with E-state index in [-0.39, 0.29) is 0 Å². The molecule has 5 rings (SSSR count). The summed E-state index contributed by atoms with van der Waals surface area (Å²) >= 11 is 0. The van der Waals surface area contributed by atoms with Crippen LogP contribution in [-0.2, 0) is 6.54 Å². The number of hydrogen-bond acceptors (Lipinski definition) is 4. The molecular formula is C25H27N5. The first kappa shape index (κ1) is 18.9. The first-order chi connectivity index (χ1) is 14.7. The van der Waals surface area contributed by atoms with Crippen LogP contribution in [0.4, 0.5) is 5.69 Å². The highest BCUT2D eigenvalue weighted by Gasteiger charge is 2.14. The highest BCUT2D eigenvalue weighted by molar-refractivity contribution is 5.96. The van der Waals surface area contributed by atoms with E-state index in [9.17, 15) is 0 Å². The number of fused-ring (bicyclic) bond motifs is 1. The second-order valence-electron chi connectivity index (χ2n) is 8.23. The summed E-state index contributed by atoms with van der Waals surface area (Å²) in [5.41, 5.74) is 13.6. The van der Waals surface area contributed by atoms with E-state index in [0.29, 0.717) is 0 Å². The van der Waals surface area contributed by atoms with E-state index in [1.54, 1.807) is 0 Å². The van der Waals surface area contributed by atoms with Crippen LogP contribution in [0.1, 0.15) is 5.56 Å². The lowest BCUT2D eigenvalue weighted by molar-refractivity contribution is 0.148. The van der Waals surface area contributed by atoms with Crippen LogP contribution in [0, 0.1) is 0 Å². The van der Waals surface area contributed by atoms with Crippen molar-refractivity contribution in [2.45, 2.75) is 6.54 Å². The molecule has 152 valence electrons. The molecule has 3 N–H and O–H groups in total. The molecule has 0 saturated carbocycles. The molecule has 0 spiro atoms. The molecular weight excluding hydrogens is 370 g/mol. The molecule has 0 atom stereocenters. The maximum atomic E-state index is 6.00. The molecule has 1 aliphatic heterocycles. The van der Waals surface area contributed by atoms with Crippen molar-refractivity contribution in [3.05, 3.63) is 72.6 Å². The fourth-order valence-corrected chi connectivity index (χ4v) is 4.22. The van der Waals surface area contributed by atoms with Gasteiger partial charge in [0, 0.05) is 67.3 Å². The van der Waals surface area contributed by atoms with Gasteiger partial charge in [0.05, 0.1) is 0 Å². The molecule has 5 nitrogen and oxygen atoms in total. The smallest absolute Gasteiger partial charge is 0.137 e. The fourth-order valence-electron chi connectivity index (χ4n) is 4.22. The van der Waals surface area contributed by atoms with Crippen molar-refractivity contribution in [1.29, 1.82) is 0 Å². The van der Waals surface area contributed by atoms with Crippen molar-refractivity contribution in [1.82, 2.24) is 19.8 Å². The molecule has 1 aliphatic rings. The molecule has 1 saturated heterocycles. The third kappa shape index (κ3) is 3.82. The van der Waals surface area contributed by atoms with Gasteiger partial charge in [-0.05, 0) is 48.0 Å². The van der Waals surface area contributed by atoms with E-state index >= 15 is 0 Å². The number of benzene rings is 2.